The number of primary sulfonamides is 1. The zero-order valence-corrected chi connectivity index (χ0v) is 8.62. The predicted molar refractivity (Wildman–Crippen MR) is 51.4 cm³/mol. The highest BCUT2D eigenvalue weighted by molar-refractivity contribution is 7.89. The first-order valence-corrected chi connectivity index (χ1v) is 5.77. The van der Waals surface area contributed by atoms with E-state index >= 15 is 0 Å². The third-order valence-electron chi connectivity index (χ3n) is 2.30. The van der Waals surface area contributed by atoms with Gasteiger partial charge in [0.25, 0.3) is 0 Å². The van der Waals surface area contributed by atoms with E-state index < -0.39 is 38.2 Å². The molecule has 0 amide bonds. The third-order valence-corrected chi connectivity index (χ3v) is 3.26. The number of halogens is 1. The Labute approximate surface area is 90.1 Å². The molecule has 1 aliphatic carbocycles. The molecule has 7 heteroatoms. The molecule has 0 saturated carbocycles. The van der Waals surface area contributed by atoms with Crippen molar-refractivity contribution in [3.05, 3.63) is 29.3 Å². The van der Waals surface area contributed by atoms with E-state index in [0.717, 1.165) is 6.07 Å². The molecule has 1 atom stereocenters. The minimum absolute atomic E-state index is 0.232. The molecule has 0 heterocycles. The van der Waals surface area contributed by atoms with Crippen LogP contribution < -0.4 is 5.14 Å². The smallest absolute Gasteiger partial charge is 0.238 e. The molecule has 1 aromatic rings. The van der Waals surface area contributed by atoms with E-state index in [4.69, 9.17) is 5.14 Å². The van der Waals surface area contributed by atoms with Crippen LogP contribution in [0.3, 0.4) is 0 Å². The van der Waals surface area contributed by atoms with Gasteiger partial charge < -0.3 is 0 Å². The molecular weight excluding hydrogens is 237 g/mol. The maximum atomic E-state index is 13.1. The zero-order valence-electron chi connectivity index (χ0n) is 7.81. The van der Waals surface area contributed by atoms with E-state index in [9.17, 15) is 22.4 Å². The van der Waals surface area contributed by atoms with Gasteiger partial charge in [0.05, 0.1) is 10.5 Å². The van der Waals surface area contributed by atoms with Crippen LogP contribution in [0.2, 0.25) is 0 Å². The number of ketones is 2. The first-order valence-electron chi connectivity index (χ1n) is 4.22. The number of nitrogens with two attached hydrogens (primary N) is 1. The predicted octanol–water partition coefficient (Wildman–Crippen LogP) is 0.0511. The summed E-state index contributed by atoms with van der Waals surface area (Å²) in [5.74, 6) is -2.17. The fourth-order valence-corrected chi connectivity index (χ4v) is 2.37. The van der Waals surface area contributed by atoms with E-state index in [1.807, 2.05) is 0 Å². The van der Waals surface area contributed by atoms with Crippen LogP contribution in [0.15, 0.2) is 23.1 Å². The molecule has 16 heavy (non-hydrogen) atoms. The summed E-state index contributed by atoms with van der Waals surface area (Å²) < 4.78 is 35.4. The summed E-state index contributed by atoms with van der Waals surface area (Å²) in [5, 5.41) is 4.87. The second kappa shape index (κ2) is 3.19. The number of hydrogen-bond donors (Lipinski definition) is 1. The van der Waals surface area contributed by atoms with Crippen molar-refractivity contribution in [2.45, 2.75) is 11.1 Å². The van der Waals surface area contributed by atoms with Gasteiger partial charge in [0, 0.05) is 5.56 Å². The molecule has 1 aromatic carbocycles. The second-order valence-corrected chi connectivity index (χ2v) is 4.84. The molecule has 0 aliphatic heterocycles. The van der Waals surface area contributed by atoms with Crippen LogP contribution in [0.5, 0.6) is 0 Å². The standard InChI is InChI=1S/C9H6FNO4S/c10-7-8(12)4-2-1-3-5(16(11,14)15)6(4)9(7)13/h1-3,7H,(H2,11,14,15). The molecule has 1 aliphatic rings. The van der Waals surface area contributed by atoms with Crippen molar-refractivity contribution >= 4 is 21.6 Å². The van der Waals surface area contributed by atoms with Crippen molar-refractivity contribution in [3.63, 3.8) is 0 Å². The molecule has 0 aromatic heterocycles. The number of benzene rings is 1. The van der Waals surface area contributed by atoms with E-state index in [1.54, 1.807) is 0 Å². The average Bonchev–Trinajstić information content (AvgIpc) is 2.43. The lowest BCUT2D eigenvalue weighted by molar-refractivity contribution is 0.0790. The van der Waals surface area contributed by atoms with Crippen LogP contribution in [-0.4, -0.2) is 26.2 Å². The minimum atomic E-state index is -4.15. The van der Waals surface area contributed by atoms with Crippen molar-refractivity contribution < 1.29 is 22.4 Å². The van der Waals surface area contributed by atoms with Gasteiger partial charge in [0.2, 0.25) is 27.8 Å². The second-order valence-electron chi connectivity index (χ2n) is 3.31. The molecule has 2 rings (SSSR count). The lowest BCUT2D eigenvalue weighted by Crippen LogP contribution is -2.18. The molecule has 5 nitrogen and oxygen atoms in total. The van der Waals surface area contributed by atoms with E-state index in [0.29, 0.717) is 0 Å². The number of sulfonamides is 1. The molecule has 0 fully saturated rings. The first-order chi connectivity index (χ1) is 7.34. The number of carbonyl (C=O) groups is 2. The van der Waals surface area contributed by atoms with E-state index in [1.165, 1.54) is 12.1 Å². The van der Waals surface area contributed by atoms with Gasteiger partial charge in [-0.05, 0) is 6.07 Å². The Morgan fingerprint density at radius 1 is 1.19 bits per heavy atom. The molecule has 0 spiro atoms. The van der Waals surface area contributed by atoms with Gasteiger partial charge >= 0.3 is 0 Å². The number of alkyl halides is 1. The van der Waals surface area contributed by atoms with Crippen LogP contribution in [-0.2, 0) is 10.0 Å². The molecular formula is C9H6FNO4S. The monoisotopic (exact) mass is 243 g/mol. The van der Waals surface area contributed by atoms with Gasteiger partial charge in [0.1, 0.15) is 0 Å². The maximum absolute atomic E-state index is 13.1. The van der Waals surface area contributed by atoms with Crippen molar-refractivity contribution in [2.75, 3.05) is 0 Å². The Balaban J connectivity index is 2.83. The van der Waals surface area contributed by atoms with Crippen LogP contribution in [0.25, 0.3) is 0 Å². The number of carbonyl (C=O) groups excluding carboxylic acids is 2. The quantitative estimate of drug-likeness (QED) is 0.705. The number of hydrogen-bond acceptors (Lipinski definition) is 4. The molecule has 0 radical (unpaired) electrons. The van der Waals surface area contributed by atoms with Crippen LogP contribution in [0, 0.1) is 0 Å². The summed E-state index contributed by atoms with van der Waals surface area (Å²) in [7, 11) is -4.15. The molecule has 2 N–H and O–H groups in total. The largest absolute Gasteiger partial charge is 0.290 e. The van der Waals surface area contributed by atoms with Crippen molar-refractivity contribution in [2.24, 2.45) is 5.14 Å². The zero-order chi connectivity index (χ0) is 12.1. The Morgan fingerprint density at radius 2 is 1.81 bits per heavy atom. The molecule has 84 valence electrons. The summed E-state index contributed by atoms with van der Waals surface area (Å²) in [6.45, 7) is 0. The lowest BCUT2D eigenvalue weighted by atomic mass is 10.1. The first kappa shape index (κ1) is 10.9. The van der Waals surface area contributed by atoms with Crippen LogP contribution >= 0.6 is 0 Å². The summed E-state index contributed by atoms with van der Waals surface area (Å²) in [5.41, 5.74) is -0.675. The maximum Gasteiger partial charge on any atom is 0.238 e. The van der Waals surface area contributed by atoms with Crippen molar-refractivity contribution in [1.29, 1.82) is 0 Å². The van der Waals surface area contributed by atoms with Crippen LogP contribution in [0.4, 0.5) is 4.39 Å². The highest BCUT2D eigenvalue weighted by atomic mass is 32.2. The molecule has 1 unspecified atom stereocenters. The SMILES string of the molecule is NS(=O)(=O)c1cccc2c1C(=O)C(F)C2=O. The third kappa shape index (κ3) is 1.36. The van der Waals surface area contributed by atoms with Gasteiger partial charge in [-0.25, -0.2) is 17.9 Å². The van der Waals surface area contributed by atoms with E-state index in [2.05, 4.69) is 0 Å². The normalized spacial score (nSPS) is 20.0. The van der Waals surface area contributed by atoms with Crippen molar-refractivity contribution in [3.8, 4) is 0 Å². The molecule has 0 saturated heterocycles. The molecule has 0 bridgehead atoms. The fraction of sp³-hybridized carbons (Fsp3) is 0.111. The number of rotatable bonds is 1. The Hall–Kier alpha value is -1.60. The number of fused-ring (bicyclic) bond motifs is 1. The highest BCUT2D eigenvalue weighted by Crippen LogP contribution is 2.29. The van der Waals surface area contributed by atoms with Crippen LogP contribution in [0.1, 0.15) is 20.7 Å². The van der Waals surface area contributed by atoms with Gasteiger partial charge in [-0.2, -0.15) is 0 Å². The minimum Gasteiger partial charge on any atom is -0.290 e. The van der Waals surface area contributed by atoms with Gasteiger partial charge in [-0.15, -0.1) is 0 Å². The van der Waals surface area contributed by atoms with E-state index in [-0.39, 0.29) is 5.56 Å². The highest BCUT2D eigenvalue weighted by Gasteiger charge is 2.41. The Kier molecular flexibility index (Phi) is 2.18. The number of Topliss-reactive ketones (excluding diaryl/α,β-unsaturated/α-hetero) is 2. The lowest BCUT2D eigenvalue weighted by Gasteiger charge is -2.02. The fourth-order valence-electron chi connectivity index (χ4n) is 1.61. The Morgan fingerprint density at radius 3 is 2.38 bits per heavy atom. The summed E-state index contributed by atoms with van der Waals surface area (Å²) in [6.07, 6.45) is -2.32. The summed E-state index contributed by atoms with van der Waals surface area (Å²) >= 11 is 0. The van der Waals surface area contributed by atoms with Crippen molar-refractivity contribution in [1.82, 2.24) is 0 Å². The Bertz CT molecular complexity index is 608. The summed E-state index contributed by atoms with van der Waals surface area (Å²) in [6, 6.07) is 3.50. The average molecular weight is 243 g/mol. The topological polar surface area (TPSA) is 94.3 Å². The van der Waals surface area contributed by atoms with Gasteiger partial charge in [0.15, 0.2) is 0 Å². The van der Waals surface area contributed by atoms with Gasteiger partial charge in [-0.1, -0.05) is 12.1 Å². The summed E-state index contributed by atoms with van der Waals surface area (Å²) in [4.78, 5) is 22.1. The van der Waals surface area contributed by atoms with Gasteiger partial charge in [-0.3, -0.25) is 9.59 Å².